The number of amides is 4. The summed E-state index contributed by atoms with van der Waals surface area (Å²) in [5.74, 6) is 0.135. The van der Waals surface area contributed by atoms with Gasteiger partial charge in [0, 0.05) is 6.54 Å². The van der Waals surface area contributed by atoms with Crippen molar-refractivity contribution in [1.29, 1.82) is 0 Å². The van der Waals surface area contributed by atoms with Crippen LogP contribution in [0.3, 0.4) is 0 Å². The van der Waals surface area contributed by atoms with E-state index >= 15 is 0 Å². The highest BCUT2D eigenvalue weighted by Crippen LogP contribution is 2.14. The van der Waals surface area contributed by atoms with E-state index < -0.39 is 12.1 Å². The highest BCUT2D eigenvalue weighted by molar-refractivity contribution is 6.05. The summed E-state index contributed by atoms with van der Waals surface area (Å²) in [5, 5.41) is 5.38. The van der Waals surface area contributed by atoms with Crippen LogP contribution in [0.15, 0.2) is 54.6 Å². The maximum Gasteiger partial charge on any atom is 0.325 e. The molecule has 1 aliphatic rings. The molecule has 0 spiro atoms. The molecule has 146 valence electrons. The highest BCUT2D eigenvalue weighted by atomic mass is 16.5. The Kier molecular flexibility index (Phi) is 6.26. The monoisotopic (exact) mass is 381 g/mol. The number of urea groups is 1. The van der Waals surface area contributed by atoms with Crippen molar-refractivity contribution in [2.75, 3.05) is 13.7 Å². The van der Waals surface area contributed by atoms with Crippen molar-refractivity contribution in [2.24, 2.45) is 0 Å². The molecule has 2 aromatic carbocycles. The summed E-state index contributed by atoms with van der Waals surface area (Å²) < 4.78 is 5.11. The van der Waals surface area contributed by atoms with E-state index in [9.17, 15) is 14.4 Å². The number of benzene rings is 2. The molecule has 1 unspecified atom stereocenters. The van der Waals surface area contributed by atoms with E-state index in [1.165, 1.54) is 0 Å². The topological polar surface area (TPSA) is 87.7 Å². The van der Waals surface area contributed by atoms with Gasteiger partial charge in [-0.25, -0.2) is 4.79 Å². The zero-order valence-electron chi connectivity index (χ0n) is 15.7. The van der Waals surface area contributed by atoms with Crippen LogP contribution in [-0.2, 0) is 22.6 Å². The minimum atomic E-state index is -0.822. The van der Waals surface area contributed by atoms with Gasteiger partial charge in [-0.2, -0.15) is 0 Å². The van der Waals surface area contributed by atoms with Crippen LogP contribution in [-0.4, -0.2) is 42.4 Å². The SMILES string of the molecule is COc1ccc(CCNC(=O)CC2NC(=O)N(Cc3ccccc3)C2=O)cc1. The van der Waals surface area contributed by atoms with Crippen LogP contribution in [0, 0.1) is 0 Å². The van der Waals surface area contributed by atoms with Crippen molar-refractivity contribution in [3.63, 3.8) is 0 Å². The maximum atomic E-state index is 12.5. The first-order valence-electron chi connectivity index (χ1n) is 9.12. The van der Waals surface area contributed by atoms with Gasteiger partial charge >= 0.3 is 6.03 Å². The molecule has 2 aromatic rings. The fourth-order valence-electron chi connectivity index (χ4n) is 3.03. The van der Waals surface area contributed by atoms with E-state index in [4.69, 9.17) is 4.74 Å². The molecule has 4 amide bonds. The van der Waals surface area contributed by atoms with Crippen LogP contribution in [0.1, 0.15) is 17.5 Å². The predicted octanol–water partition coefficient (Wildman–Crippen LogP) is 1.86. The van der Waals surface area contributed by atoms with Gasteiger partial charge in [0.1, 0.15) is 11.8 Å². The number of hydrogen-bond donors (Lipinski definition) is 2. The molecule has 2 N–H and O–H groups in total. The molecule has 1 saturated heterocycles. The highest BCUT2D eigenvalue weighted by Gasteiger charge is 2.38. The lowest BCUT2D eigenvalue weighted by atomic mass is 10.1. The molecule has 0 bridgehead atoms. The van der Waals surface area contributed by atoms with Crippen LogP contribution in [0.2, 0.25) is 0 Å². The van der Waals surface area contributed by atoms with E-state index in [1.807, 2.05) is 54.6 Å². The summed E-state index contributed by atoms with van der Waals surface area (Å²) in [4.78, 5) is 37.8. The van der Waals surface area contributed by atoms with Gasteiger partial charge in [0.2, 0.25) is 5.91 Å². The summed E-state index contributed by atoms with van der Waals surface area (Å²) in [7, 11) is 1.61. The maximum absolute atomic E-state index is 12.5. The number of ether oxygens (including phenoxy) is 1. The Hall–Kier alpha value is -3.35. The van der Waals surface area contributed by atoms with Crippen molar-refractivity contribution < 1.29 is 19.1 Å². The van der Waals surface area contributed by atoms with E-state index in [-0.39, 0.29) is 24.8 Å². The Bertz CT molecular complexity index is 836. The molecule has 3 rings (SSSR count). The van der Waals surface area contributed by atoms with Gasteiger partial charge in [0.15, 0.2) is 0 Å². The van der Waals surface area contributed by atoms with Gasteiger partial charge in [-0.3, -0.25) is 14.5 Å². The van der Waals surface area contributed by atoms with Gasteiger partial charge in [-0.15, -0.1) is 0 Å². The third-order valence-corrected chi connectivity index (χ3v) is 4.57. The first kappa shape index (κ1) is 19.4. The summed E-state index contributed by atoms with van der Waals surface area (Å²) >= 11 is 0. The Morgan fingerprint density at radius 3 is 2.46 bits per heavy atom. The van der Waals surface area contributed by atoms with Gasteiger partial charge < -0.3 is 15.4 Å². The largest absolute Gasteiger partial charge is 0.497 e. The van der Waals surface area contributed by atoms with Crippen molar-refractivity contribution in [3.8, 4) is 5.75 Å². The van der Waals surface area contributed by atoms with Crippen LogP contribution < -0.4 is 15.4 Å². The standard InChI is InChI=1S/C21H23N3O4/c1-28-17-9-7-15(8-10-17)11-12-22-19(25)13-18-20(26)24(21(27)23-18)14-16-5-3-2-4-6-16/h2-10,18H,11-14H2,1H3,(H,22,25)(H,23,27). The van der Waals surface area contributed by atoms with E-state index in [0.29, 0.717) is 13.0 Å². The average molecular weight is 381 g/mol. The Balaban J connectivity index is 1.46. The molecule has 1 aliphatic heterocycles. The van der Waals surface area contributed by atoms with Gasteiger partial charge in [-0.1, -0.05) is 42.5 Å². The molecule has 0 aromatic heterocycles. The normalized spacial score (nSPS) is 16.0. The lowest BCUT2D eigenvalue weighted by Crippen LogP contribution is -2.37. The lowest BCUT2D eigenvalue weighted by Gasteiger charge is -2.13. The number of imide groups is 1. The van der Waals surface area contributed by atoms with Crippen LogP contribution >= 0.6 is 0 Å². The molecule has 1 atom stereocenters. The fraction of sp³-hybridized carbons (Fsp3) is 0.286. The molecule has 1 fully saturated rings. The molecule has 7 heteroatoms. The van der Waals surface area contributed by atoms with E-state index in [0.717, 1.165) is 21.8 Å². The fourth-order valence-corrected chi connectivity index (χ4v) is 3.03. The minimum absolute atomic E-state index is 0.0710. The smallest absolute Gasteiger partial charge is 0.325 e. The minimum Gasteiger partial charge on any atom is -0.497 e. The summed E-state index contributed by atoms with van der Waals surface area (Å²) in [6.07, 6.45) is 0.597. The molecule has 7 nitrogen and oxygen atoms in total. The van der Waals surface area contributed by atoms with E-state index in [1.54, 1.807) is 7.11 Å². The number of carbonyl (C=O) groups excluding carboxylic acids is 3. The quantitative estimate of drug-likeness (QED) is 0.684. The summed E-state index contributed by atoms with van der Waals surface area (Å²) in [6, 6.07) is 15.6. The van der Waals surface area contributed by atoms with Gasteiger partial charge in [0.05, 0.1) is 20.1 Å². The lowest BCUT2D eigenvalue weighted by molar-refractivity contribution is -0.131. The van der Waals surface area contributed by atoms with Crippen LogP contribution in [0.5, 0.6) is 5.75 Å². The number of nitrogens with zero attached hydrogens (tertiary/aromatic N) is 1. The number of hydrogen-bond acceptors (Lipinski definition) is 4. The summed E-state index contributed by atoms with van der Waals surface area (Å²) in [5.41, 5.74) is 1.93. The molecule has 0 aliphatic carbocycles. The van der Waals surface area contributed by atoms with Crippen LogP contribution in [0.25, 0.3) is 0 Å². The second-order valence-electron chi connectivity index (χ2n) is 6.56. The predicted molar refractivity (Wildman–Crippen MR) is 104 cm³/mol. The number of rotatable bonds is 8. The number of methoxy groups -OCH3 is 1. The van der Waals surface area contributed by atoms with Crippen molar-refractivity contribution in [2.45, 2.75) is 25.4 Å². The zero-order valence-corrected chi connectivity index (χ0v) is 15.7. The van der Waals surface area contributed by atoms with Gasteiger partial charge in [0.25, 0.3) is 5.91 Å². The van der Waals surface area contributed by atoms with Crippen molar-refractivity contribution in [1.82, 2.24) is 15.5 Å². The van der Waals surface area contributed by atoms with Crippen LogP contribution in [0.4, 0.5) is 4.79 Å². The van der Waals surface area contributed by atoms with Gasteiger partial charge in [-0.05, 0) is 29.7 Å². The molecule has 0 radical (unpaired) electrons. The Labute approximate surface area is 163 Å². The second-order valence-corrected chi connectivity index (χ2v) is 6.56. The first-order chi connectivity index (χ1) is 13.6. The molecular weight excluding hydrogens is 358 g/mol. The molecule has 1 heterocycles. The zero-order chi connectivity index (χ0) is 19.9. The number of carbonyl (C=O) groups is 3. The third kappa shape index (κ3) is 4.88. The molecule has 0 saturated carbocycles. The Morgan fingerprint density at radius 1 is 1.07 bits per heavy atom. The van der Waals surface area contributed by atoms with Crippen molar-refractivity contribution in [3.05, 3.63) is 65.7 Å². The summed E-state index contributed by atoms with van der Waals surface area (Å²) in [6.45, 7) is 0.648. The Morgan fingerprint density at radius 2 is 1.79 bits per heavy atom. The molecule has 28 heavy (non-hydrogen) atoms. The second kappa shape index (κ2) is 9.03. The first-order valence-corrected chi connectivity index (χ1v) is 9.12. The van der Waals surface area contributed by atoms with E-state index in [2.05, 4.69) is 10.6 Å². The molecular formula is C21H23N3O4. The average Bonchev–Trinajstić information content (AvgIpc) is 2.96. The van der Waals surface area contributed by atoms with Crippen molar-refractivity contribution >= 4 is 17.8 Å². The third-order valence-electron chi connectivity index (χ3n) is 4.57. The number of nitrogens with one attached hydrogen (secondary N) is 2.